The molecule has 0 bridgehead atoms. The van der Waals surface area contributed by atoms with Crippen LogP contribution in [0.4, 0.5) is 16.2 Å². The SMILES string of the molecule is CCN1CCN(Cc2ccc(Nc3ncc(F)c(Cl)n3)nc2)CC1. The lowest BCUT2D eigenvalue weighted by molar-refractivity contribution is 0.132. The van der Waals surface area contributed by atoms with Crippen molar-refractivity contribution < 1.29 is 4.39 Å². The standard InChI is InChI=1S/C16H20ClFN6/c1-2-23-5-7-24(8-6-23)11-12-3-4-14(19-9-12)21-16-20-10-13(18)15(17)22-16/h3-4,9-10H,2,5-8,11H2,1H3,(H,19,20,21,22). The molecule has 2 aromatic heterocycles. The minimum absolute atomic E-state index is 0.213. The van der Waals surface area contributed by atoms with Crippen molar-refractivity contribution in [2.24, 2.45) is 0 Å². The Morgan fingerprint density at radius 2 is 1.88 bits per heavy atom. The summed E-state index contributed by atoms with van der Waals surface area (Å²) in [4.78, 5) is 16.9. The summed E-state index contributed by atoms with van der Waals surface area (Å²) in [6.45, 7) is 8.60. The fourth-order valence-electron chi connectivity index (χ4n) is 2.63. The monoisotopic (exact) mass is 350 g/mol. The molecule has 2 aromatic rings. The van der Waals surface area contributed by atoms with E-state index in [1.807, 2.05) is 18.3 Å². The maximum atomic E-state index is 13.1. The summed E-state index contributed by atoms with van der Waals surface area (Å²) in [6, 6.07) is 3.88. The Morgan fingerprint density at radius 3 is 2.50 bits per heavy atom. The van der Waals surface area contributed by atoms with Gasteiger partial charge < -0.3 is 10.2 Å². The summed E-state index contributed by atoms with van der Waals surface area (Å²) in [6.07, 6.45) is 2.86. The van der Waals surface area contributed by atoms with E-state index >= 15 is 0 Å². The molecule has 0 aliphatic carbocycles. The third kappa shape index (κ3) is 4.37. The van der Waals surface area contributed by atoms with Crippen molar-refractivity contribution >= 4 is 23.4 Å². The fraction of sp³-hybridized carbons (Fsp3) is 0.438. The molecule has 3 heterocycles. The van der Waals surface area contributed by atoms with Gasteiger partial charge >= 0.3 is 0 Å². The van der Waals surface area contributed by atoms with Gasteiger partial charge in [0, 0.05) is 38.9 Å². The van der Waals surface area contributed by atoms with Crippen LogP contribution in [0.25, 0.3) is 0 Å². The fourth-order valence-corrected chi connectivity index (χ4v) is 2.76. The number of hydrogen-bond donors (Lipinski definition) is 1. The average molecular weight is 351 g/mol. The number of likely N-dealkylation sites (N-methyl/N-ethyl adjacent to an activating group) is 1. The van der Waals surface area contributed by atoms with Crippen LogP contribution in [0.5, 0.6) is 0 Å². The number of nitrogens with one attached hydrogen (secondary N) is 1. The van der Waals surface area contributed by atoms with Crippen molar-refractivity contribution in [2.45, 2.75) is 13.5 Å². The van der Waals surface area contributed by atoms with Crippen LogP contribution in [0.3, 0.4) is 0 Å². The van der Waals surface area contributed by atoms with Crippen molar-refractivity contribution in [3.05, 3.63) is 41.1 Å². The number of piperazine rings is 1. The van der Waals surface area contributed by atoms with E-state index in [1.165, 1.54) is 0 Å². The van der Waals surface area contributed by atoms with Gasteiger partial charge in [0.2, 0.25) is 5.95 Å². The molecule has 1 N–H and O–H groups in total. The van der Waals surface area contributed by atoms with Gasteiger partial charge in [-0.15, -0.1) is 0 Å². The number of hydrogen-bond acceptors (Lipinski definition) is 6. The van der Waals surface area contributed by atoms with Crippen molar-refractivity contribution in [2.75, 3.05) is 38.0 Å². The van der Waals surface area contributed by atoms with E-state index in [-0.39, 0.29) is 11.1 Å². The smallest absolute Gasteiger partial charge is 0.229 e. The summed E-state index contributed by atoms with van der Waals surface area (Å²) in [7, 11) is 0. The number of halogens is 2. The number of anilines is 2. The second-order valence-electron chi connectivity index (χ2n) is 5.72. The molecule has 1 saturated heterocycles. The Labute approximate surface area is 145 Å². The zero-order valence-electron chi connectivity index (χ0n) is 13.5. The molecule has 0 aromatic carbocycles. The molecular formula is C16H20ClFN6. The first kappa shape index (κ1) is 17.0. The van der Waals surface area contributed by atoms with Gasteiger partial charge in [-0.1, -0.05) is 24.6 Å². The van der Waals surface area contributed by atoms with E-state index in [1.54, 1.807) is 0 Å². The van der Waals surface area contributed by atoms with E-state index in [0.717, 1.165) is 51.0 Å². The molecule has 128 valence electrons. The molecule has 0 saturated carbocycles. The highest BCUT2D eigenvalue weighted by molar-refractivity contribution is 6.29. The third-order valence-electron chi connectivity index (χ3n) is 4.08. The van der Waals surface area contributed by atoms with E-state index in [9.17, 15) is 4.39 Å². The highest BCUT2D eigenvalue weighted by Crippen LogP contribution is 2.16. The molecule has 0 atom stereocenters. The average Bonchev–Trinajstić information content (AvgIpc) is 2.61. The van der Waals surface area contributed by atoms with E-state index in [2.05, 4.69) is 37.0 Å². The van der Waals surface area contributed by atoms with E-state index in [0.29, 0.717) is 5.82 Å². The zero-order chi connectivity index (χ0) is 16.9. The molecule has 24 heavy (non-hydrogen) atoms. The van der Waals surface area contributed by atoms with Gasteiger partial charge in [0.1, 0.15) is 5.82 Å². The predicted octanol–water partition coefficient (Wildman–Crippen LogP) is 2.55. The first-order valence-corrected chi connectivity index (χ1v) is 8.36. The van der Waals surface area contributed by atoms with Crippen molar-refractivity contribution in [3.8, 4) is 0 Å². The lowest BCUT2D eigenvalue weighted by atomic mass is 10.2. The molecule has 6 nitrogen and oxygen atoms in total. The largest absolute Gasteiger partial charge is 0.309 e. The maximum Gasteiger partial charge on any atom is 0.229 e. The van der Waals surface area contributed by atoms with E-state index < -0.39 is 5.82 Å². The summed E-state index contributed by atoms with van der Waals surface area (Å²) >= 11 is 5.64. The zero-order valence-corrected chi connectivity index (χ0v) is 14.3. The Hall–Kier alpha value is -1.83. The van der Waals surface area contributed by atoms with Crippen molar-refractivity contribution in [1.82, 2.24) is 24.8 Å². The quantitative estimate of drug-likeness (QED) is 0.836. The molecular weight excluding hydrogens is 331 g/mol. The van der Waals surface area contributed by atoms with Crippen molar-refractivity contribution in [3.63, 3.8) is 0 Å². The number of nitrogens with zero attached hydrogens (tertiary/aromatic N) is 5. The maximum absolute atomic E-state index is 13.1. The van der Waals surface area contributed by atoms with Crippen LogP contribution in [0.1, 0.15) is 12.5 Å². The summed E-state index contributed by atoms with van der Waals surface area (Å²) in [5, 5.41) is 2.70. The van der Waals surface area contributed by atoms with Crippen LogP contribution in [-0.4, -0.2) is 57.5 Å². The lowest BCUT2D eigenvalue weighted by Gasteiger charge is -2.33. The highest BCUT2D eigenvalue weighted by atomic mass is 35.5. The van der Waals surface area contributed by atoms with Crippen molar-refractivity contribution in [1.29, 1.82) is 0 Å². The third-order valence-corrected chi connectivity index (χ3v) is 4.35. The van der Waals surface area contributed by atoms with Gasteiger partial charge in [-0.2, -0.15) is 4.98 Å². The van der Waals surface area contributed by atoms with Crippen LogP contribution >= 0.6 is 11.6 Å². The first-order chi connectivity index (χ1) is 11.6. The molecule has 1 aliphatic heterocycles. The molecule has 0 spiro atoms. The van der Waals surface area contributed by atoms with Gasteiger partial charge in [0.25, 0.3) is 0 Å². The van der Waals surface area contributed by atoms with Crippen LogP contribution in [0, 0.1) is 5.82 Å². The van der Waals surface area contributed by atoms with Crippen LogP contribution in [0.15, 0.2) is 24.5 Å². The van der Waals surface area contributed by atoms with Gasteiger partial charge in [-0.05, 0) is 18.2 Å². The molecule has 0 unspecified atom stereocenters. The van der Waals surface area contributed by atoms with Gasteiger partial charge in [-0.25, -0.2) is 14.4 Å². The van der Waals surface area contributed by atoms with Crippen LogP contribution in [0.2, 0.25) is 5.15 Å². The Bertz CT molecular complexity index is 673. The summed E-state index contributed by atoms with van der Waals surface area (Å²) in [5.41, 5.74) is 1.16. The molecule has 3 rings (SSSR count). The summed E-state index contributed by atoms with van der Waals surface area (Å²) < 4.78 is 13.1. The Balaban J connectivity index is 1.56. The molecule has 8 heteroatoms. The van der Waals surface area contributed by atoms with Gasteiger partial charge in [0.15, 0.2) is 11.0 Å². The Morgan fingerprint density at radius 1 is 1.12 bits per heavy atom. The molecule has 1 fully saturated rings. The van der Waals surface area contributed by atoms with Gasteiger partial charge in [-0.3, -0.25) is 4.90 Å². The van der Waals surface area contributed by atoms with Crippen LogP contribution < -0.4 is 5.32 Å². The predicted molar refractivity (Wildman–Crippen MR) is 91.9 cm³/mol. The van der Waals surface area contributed by atoms with Crippen LogP contribution in [-0.2, 0) is 6.54 Å². The number of rotatable bonds is 5. The first-order valence-electron chi connectivity index (χ1n) is 7.98. The number of aromatic nitrogens is 3. The topological polar surface area (TPSA) is 57.2 Å². The second kappa shape index (κ2) is 7.83. The normalized spacial score (nSPS) is 16.3. The Kier molecular flexibility index (Phi) is 5.55. The molecule has 0 amide bonds. The molecule has 1 aliphatic rings. The lowest BCUT2D eigenvalue weighted by Crippen LogP contribution is -2.45. The second-order valence-corrected chi connectivity index (χ2v) is 6.08. The minimum Gasteiger partial charge on any atom is -0.309 e. The van der Waals surface area contributed by atoms with Gasteiger partial charge in [0.05, 0.1) is 6.20 Å². The number of pyridine rings is 1. The molecule has 0 radical (unpaired) electrons. The minimum atomic E-state index is -0.645. The summed E-state index contributed by atoms with van der Waals surface area (Å²) in [5.74, 6) is 0.170. The van der Waals surface area contributed by atoms with E-state index in [4.69, 9.17) is 11.6 Å². The highest BCUT2D eigenvalue weighted by Gasteiger charge is 2.15.